The molecule has 2 heterocycles. The van der Waals surface area contributed by atoms with Crippen LogP contribution < -0.4 is 5.32 Å². The molecule has 0 unspecified atom stereocenters. The molecule has 4 aromatic rings. The lowest BCUT2D eigenvalue weighted by Gasteiger charge is -2.06. The van der Waals surface area contributed by atoms with Gasteiger partial charge in [0.15, 0.2) is 0 Å². The number of H-pyrrole nitrogens is 1. The first-order valence-electron chi connectivity index (χ1n) is 8.72. The molecule has 0 fully saturated rings. The summed E-state index contributed by atoms with van der Waals surface area (Å²) in [6.07, 6.45) is 3.47. The first-order valence-corrected chi connectivity index (χ1v) is 10.1. The van der Waals surface area contributed by atoms with E-state index >= 15 is 0 Å². The van der Waals surface area contributed by atoms with E-state index in [9.17, 15) is 4.79 Å². The number of fused-ring (bicyclic) bond motifs is 1. The third-order valence-corrected chi connectivity index (χ3v) is 5.50. The SMILES string of the molecule is O=C(CSc1ncnc2c(-c3ccccc3)c[nH]c12)NCc1ccc(Cl)cc1. The van der Waals surface area contributed by atoms with Crippen LogP contribution in [0.4, 0.5) is 0 Å². The van der Waals surface area contributed by atoms with Crippen molar-refractivity contribution in [1.82, 2.24) is 20.3 Å². The molecule has 5 nitrogen and oxygen atoms in total. The molecule has 7 heteroatoms. The Morgan fingerprint density at radius 2 is 1.86 bits per heavy atom. The fourth-order valence-electron chi connectivity index (χ4n) is 2.85. The fraction of sp³-hybridized carbons (Fsp3) is 0.0952. The quantitative estimate of drug-likeness (QED) is 0.358. The number of carbonyl (C=O) groups excluding carboxylic acids is 1. The van der Waals surface area contributed by atoms with E-state index in [0.29, 0.717) is 11.6 Å². The zero-order chi connectivity index (χ0) is 19.3. The molecule has 0 atom stereocenters. The van der Waals surface area contributed by atoms with Gasteiger partial charge in [-0.3, -0.25) is 4.79 Å². The molecular weight excluding hydrogens is 392 g/mol. The molecular formula is C21H17ClN4OS. The molecule has 0 aliphatic heterocycles. The number of benzene rings is 2. The van der Waals surface area contributed by atoms with E-state index in [2.05, 4.69) is 20.3 Å². The van der Waals surface area contributed by atoms with Gasteiger partial charge in [-0.2, -0.15) is 0 Å². The molecule has 0 aliphatic carbocycles. The van der Waals surface area contributed by atoms with E-state index in [0.717, 1.165) is 32.7 Å². The summed E-state index contributed by atoms with van der Waals surface area (Å²) in [5.41, 5.74) is 4.81. The standard InChI is InChI=1S/C21H17ClN4OS/c22-16-8-6-14(7-9-16)10-23-18(27)12-28-21-20-19(25-13-26-21)17(11-24-20)15-4-2-1-3-5-15/h1-9,11,13,24H,10,12H2,(H,23,27). The topological polar surface area (TPSA) is 70.7 Å². The lowest BCUT2D eigenvalue weighted by molar-refractivity contribution is -0.118. The van der Waals surface area contributed by atoms with E-state index in [1.165, 1.54) is 18.1 Å². The predicted octanol–water partition coefficient (Wildman–Crippen LogP) is 4.69. The number of aromatic nitrogens is 3. The average Bonchev–Trinajstić information content (AvgIpc) is 3.17. The minimum absolute atomic E-state index is 0.0541. The molecule has 0 bridgehead atoms. The van der Waals surface area contributed by atoms with E-state index in [1.54, 1.807) is 0 Å². The van der Waals surface area contributed by atoms with Crippen molar-refractivity contribution < 1.29 is 4.79 Å². The maximum atomic E-state index is 12.2. The molecule has 2 aromatic carbocycles. The molecule has 140 valence electrons. The highest BCUT2D eigenvalue weighted by molar-refractivity contribution is 8.00. The van der Waals surface area contributed by atoms with E-state index in [4.69, 9.17) is 11.6 Å². The molecule has 0 aliphatic rings. The summed E-state index contributed by atoms with van der Waals surface area (Å²) in [4.78, 5) is 24.2. The molecule has 4 rings (SSSR count). The van der Waals surface area contributed by atoms with Gasteiger partial charge in [-0.05, 0) is 23.3 Å². The zero-order valence-electron chi connectivity index (χ0n) is 14.9. The zero-order valence-corrected chi connectivity index (χ0v) is 16.4. The molecule has 0 saturated heterocycles. The minimum Gasteiger partial charge on any atom is -0.357 e. The van der Waals surface area contributed by atoms with E-state index in [-0.39, 0.29) is 11.7 Å². The molecule has 0 spiro atoms. The van der Waals surface area contributed by atoms with Gasteiger partial charge >= 0.3 is 0 Å². The second kappa shape index (κ2) is 8.46. The molecule has 28 heavy (non-hydrogen) atoms. The second-order valence-corrected chi connectivity index (χ2v) is 7.56. The highest BCUT2D eigenvalue weighted by atomic mass is 35.5. The Morgan fingerprint density at radius 1 is 1.07 bits per heavy atom. The number of nitrogens with one attached hydrogen (secondary N) is 2. The number of hydrogen-bond acceptors (Lipinski definition) is 4. The van der Waals surface area contributed by atoms with Gasteiger partial charge in [-0.25, -0.2) is 9.97 Å². The van der Waals surface area contributed by atoms with Crippen LogP contribution in [0, 0.1) is 0 Å². The Hall–Kier alpha value is -2.83. The van der Waals surface area contributed by atoms with E-state index in [1.807, 2.05) is 60.8 Å². The Labute approximate surface area is 171 Å². The maximum Gasteiger partial charge on any atom is 0.230 e. The van der Waals surface area contributed by atoms with Gasteiger partial charge in [-0.1, -0.05) is 65.8 Å². The van der Waals surface area contributed by atoms with Gasteiger partial charge in [0, 0.05) is 23.3 Å². The van der Waals surface area contributed by atoms with Crippen LogP contribution in [0.5, 0.6) is 0 Å². The van der Waals surface area contributed by atoms with Crippen molar-refractivity contribution in [2.45, 2.75) is 11.6 Å². The second-order valence-electron chi connectivity index (χ2n) is 6.16. The maximum absolute atomic E-state index is 12.2. The van der Waals surface area contributed by atoms with Crippen LogP contribution in [0.3, 0.4) is 0 Å². The Kier molecular flexibility index (Phi) is 5.60. The van der Waals surface area contributed by atoms with Crippen LogP contribution in [0.25, 0.3) is 22.2 Å². The van der Waals surface area contributed by atoms with Gasteiger partial charge in [0.2, 0.25) is 5.91 Å². The molecule has 0 radical (unpaired) electrons. The lowest BCUT2D eigenvalue weighted by Crippen LogP contribution is -2.24. The molecule has 2 aromatic heterocycles. The number of thioether (sulfide) groups is 1. The fourth-order valence-corrected chi connectivity index (χ4v) is 3.77. The normalized spacial score (nSPS) is 10.9. The first kappa shape index (κ1) is 18.5. The Bertz CT molecular complexity index is 1100. The van der Waals surface area contributed by atoms with Crippen molar-refractivity contribution in [3.05, 3.63) is 77.7 Å². The van der Waals surface area contributed by atoms with Gasteiger partial charge in [-0.15, -0.1) is 0 Å². The lowest BCUT2D eigenvalue weighted by atomic mass is 10.1. The van der Waals surface area contributed by atoms with Gasteiger partial charge in [0.1, 0.15) is 16.9 Å². The summed E-state index contributed by atoms with van der Waals surface area (Å²) < 4.78 is 0. The van der Waals surface area contributed by atoms with Gasteiger partial charge in [0.05, 0.1) is 11.3 Å². The number of aromatic amines is 1. The Balaban J connectivity index is 1.43. The summed E-state index contributed by atoms with van der Waals surface area (Å²) in [7, 11) is 0. The smallest absolute Gasteiger partial charge is 0.230 e. The van der Waals surface area contributed by atoms with Crippen molar-refractivity contribution in [2.75, 3.05) is 5.75 Å². The van der Waals surface area contributed by atoms with Crippen molar-refractivity contribution in [3.63, 3.8) is 0 Å². The number of carbonyl (C=O) groups is 1. The van der Waals surface area contributed by atoms with Crippen LogP contribution in [0.15, 0.2) is 72.1 Å². The van der Waals surface area contributed by atoms with Crippen LogP contribution in [-0.4, -0.2) is 26.6 Å². The first-order chi connectivity index (χ1) is 13.7. The van der Waals surface area contributed by atoms with Gasteiger partial charge < -0.3 is 10.3 Å². The van der Waals surface area contributed by atoms with Crippen LogP contribution in [-0.2, 0) is 11.3 Å². The number of halogens is 1. The predicted molar refractivity (Wildman–Crippen MR) is 113 cm³/mol. The van der Waals surface area contributed by atoms with E-state index < -0.39 is 0 Å². The average molecular weight is 409 g/mol. The molecule has 2 N–H and O–H groups in total. The van der Waals surface area contributed by atoms with Crippen molar-refractivity contribution in [3.8, 4) is 11.1 Å². The van der Waals surface area contributed by atoms with Crippen molar-refractivity contribution in [2.24, 2.45) is 0 Å². The van der Waals surface area contributed by atoms with Crippen LogP contribution >= 0.6 is 23.4 Å². The van der Waals surface area contributed by atoms with Gasteiger partial charge in [0.25, 0.3) is 0 Å². The third kappa shape index (κ3) is 4.18. The monoisotopic (exact) mass is 408 g/mol. The Morgan fingerprint density at radius 3 is 2.64 bits per heavy atom. The number of nitrogens with zero attached hydrogens (tertiary/aromatic N) is 2. The number of amides is 1. The van der Waals surface area contributed by atoms with Crippen molar-refractivity contribution in [1.29, 1.82) is 0 Å². The summed E-state index contributed by atoms with van der Waals surface area (Å²) in [5.74, 6) is 0.223. The largest absolute Gasteiger partial charge is 0.357 e. The highest BCUT2D eigenvalue weighted by Crippen LogP contribution is 2.31. The highest BCUT2D eigenvalue weighted by Gasteiger charge is 2.13. The molecule has 1 amide bonds. The summed E-state index contributed by atoms with van der Waals surface area (Å²) >= 11 is 7.26. The molecule has 0 saturated carbocycles. The number of hydrogen-bond donors (Lipinski definition) is 2. The summed E-state index contributed by atoms with van der Waals surface area (Å²) in [6, 6.07) is 17.5. The summed E-state index contributed by atoms with van der Waals surface area (Å²) in [6.45, 7) is 0.469. The van der Waals surface area contributed by atoms with Crippen molar-refractivity contribution >= 4 is 40.3 Å². The minimum atomic E-state index is -0.0541. The summed E-state index contributed by atoms with van der Waals surface area (Å²) in [5, 5.41) is 4.35. The number of rotatable bonds is 6. The van der Waals surface area contributed by atoms with Crippen LogP contribution in [0.2, 0.25) is 5.02 Å². The van der Waals surface area contributed by atoms with Crippen LogP contribution in [0.1, 0.15) is 5.56 Å². The third-order valence-electron chi connectivity index (χ3n) is 4.26.